The second-order valence-corrected chi connectivity index (χ2v) is 16.2. The average molecular weight is 754 g/mol. The Labute approximate surface area is 326 Å². The van der Waals surface area contributed by atoms with Crippen LogP contribution in [0.2, 0.25) is 0 Å². The second kappa shape index (κ2) is 34.2. The molecule has 1 rings (SSSR count). The SMILES string of the molecule is CCCCCCCCCC=CCCCCCN(CCC(O)C1O[C@H](CO)[C@@H](O)[C@H](O)[C@H]1O)C(=O)C(CCCC)CCCCCCCCCCCCCC. The average Bonchev–Trinajstić information content (AvgIpc) is 3.16. The number of aliphatic hydroxyl groups excluding tert-OH is 5. The molecule has 1 aliphatic heterocycles. The molecular formula is C45H87NO7. The molecular weight excluding hydrogens is 666 g/mol. The number of hydrogen-bond donors (Lipinski definition) is 5. The molecule has 1 aliphatic rings. The van der Waals surface area contributed by atoms with Crippen LogP contribution in [0.25, 0.3) is 0 Å². The largest absolute Gasteiger partial charge is 0.394 e. The van der Waals surface area contributed by atoms with Gasteiger partial charge in [0.15, 0.2) is 0 Å². The third-order valence-corrected chi connectivity index (χ3v) is 11.4. The molecule has 8 heteroatoms. The van der Waals surface area contributed by atoms with Gasteiger partial charge in [0.2, 0.25) is 5.91 Å². The maximum Gasteiger partial charge on any atom is 0.225 e. The highest BCUT2D eigenvalue weighted by Crippen LogP contribution is 2.26. The lowest BCUT2D eigenvalue weighted by molar-refractivity contribution is -0.249. The Morgan fingerprint density at radius 1 is 0.566 bits per heavy atom. The molecule has 0 aliphatic carbocycles. The van der Waals surface area contributed by atoms with E-state index in [1.54, 1.807) is 0 Å². The van der Waals surface area contributed by atoms with Crippen molar-refractivity contribution in [3.8, 4) is 0 Å². The Morgan fingerprint density at radius 3 is 1.53 bits per heavy atom. The van der Waals surface area contributed by atoms with Gasteiger partial charge in [-0.25, -0.2) is 0 Å². The van der Waals surface area contributed by atoms with Crippen LogP contribution in [0.3, 0.4) is 0 Å². The highest BCUT2D eigenvalue weighted by molar-refractivity contribution is 5.78. The molecule has 0 spiro atoms. The molecule has 0 saturated carbocycles. The summed E-state index contributed by atoms with van der Waals surface area (Å²) in [6.07, 6.45) is 30.8. The number of hydrogen-bond acceptors (Lipinski definition) is 7. The first-order valence-electron chi connectivity index (χ1n) is 22.7. The summed E-state index contributed by atoms with van der Waals surface area (Å²) in [6.45, 7) is 7.11. The van der Waals surface area contributed by atoms with E-state index in [0.29, 0.717) is 13.1 Å². The smallest absolute Gasteiger partial charge is 0.225 e. The zero-order valence-corrected chi connectivity index (χ0v) is 34.8. The molecule has 3 unspecified atom stereocenters. The van der Waals surface area contributed by atoms with Crippen LogP contribution in [0.15, 0.2) is 12.2 Å². The van der Waals surface area contributed by atoms with Crippen molar-refractivity contribution in [2.24, 2.45) is 5.92 Å². The number of carbonyl (C=O) groups excluding carboxylic acids is 1. The first kappa shape index (κ1) is 50.0. The molecule has 1 saturated heterocycles. The van der Waals surface area contributed by atoms with Gasteiger partial charge in [-0.15, -0.1) is 0 Å². The normalized spacial score (nSPS) is 21.7. The molecule has 53 heavy (non-hydrogen) atoms. The number of aliphatic hydroxyl groups is 5. The van der Waals surface area contributed by atoms with Crippen LogP contribution in [-0.2, 0) is 9.53 Å². The first-order chi connectivity index (χ1) is 25.8. The van der Waals surface area contributed by atoms with Crippen LogP contribution < -0.4 is 0 Å². The van der Waals surface area contributed by atoms with E-state index in [4.69, 9.17) is 4.74 Å². The van der Waals surface area contributed by atoms with Crippen LogP contribution in [-0.4, -0.2) is 92.7 Å². The van der Waals surface area contributed by atoms with E-state index < -0.39 is 43.2 Å². The fourth-order valence-corrected chi connectivity index (χ4v) is 7.76. The van der Waals surface area contributed by atoms with Crippen LogP contribution >= 0.6 is 0 Å². The Bertz CT molecular complexity index is 855. The van der Waals surface area contributed by atoms with E-state index in [9.17, 15) is 30.3 Å². The predicted molar refractivity (Wildman–Crippen MR) is 220 cm³/mol. The monoisotopic (exact) mass is 754 g/mol. The molecule has 1 amide bonds. The fourth-order valence-electron chi connectivity index (χ4n) is 7.76. The quantitative estimate of drug-likeness (QED) is 0.0318. The molecule has 0 bridgehead atoms. The highest BCUT2D eigenvalue weighted by Gasteiger charge is 2.46. The van der Waals surface area contributed by atoms with Crippen molar-refractivity contribution in [1.82, 2.24) is 4.90 Å². The Hall–Kier alpha value is -1.03. The standard InChI is InChI=1S/C45H87NO7/c1-4-7-10-12-14-16-18-20-21-23-25-27-29-31-35-46(36-34-39(48)44-43(51)42(50)41(49)40(37-47)53-44)45(52)38(32-9-6-3)33-30-28-26-24-22-19-17-15-13-11-8-5-2/h21,23,38-44,47-51H,4-20,22,24-37H2,1-3H3/t38?,39?,40-,41-,42+,43-,44?/m1/s1. The number of amides is 1. The number of unbranched alkanes of at least 4 members (excludes halogenated alkanes) is 22. The van der Waals surface area contributed by atoms with E-state index >= 15 is 0 Å². The summed E-state index contributed by atoms with van der Waals surface area (Å²) in [6, 6.07) is 0. The third kappa shape index (κ3) is 23.6. The van der Waals surface area contributed by atoms with Gasteiger partial charge >= 0.3 is 0 Å². The van der Waals surface area contributed by atoms with Gasteiger partial charge in [-0.3, -0.25) is 4.79 Å². The minimum atomic E-state index is -1.53. The molecule has 0 aromatic rings. The van der Waals surface area contributed by atoms with Gasteiger partial charge in [0.05, 0.1) is 12.7 Å². The van der Waals surface area contributed by atoms with Gasteiger partial charge in [-0.2, -0.15) is 0 Å². The molecule has 7 atom stereocenters. The van der Waals surface area contributed by atoms with Gasteiger partial charge in [-0.05, 0) is 51.4 Å². The lowest BCUT2D eigenvalue weighted by atomic mass is 9.91. The van der Waals surface area contributed by atoms with E-state index in [0.717, 1.165) is 70.6 Å². The predicted octanol–water partition coefficient (Wildman–Crippen LogP) is 9.56. The number of carbonyl (C=O) groups is 1. The Kier molecular flexibility index (Phi) is 32.3. The summed E-state index contributed by atoms with van der Waals surface area (Å²) in [5.74, 6) is 0.133. The van der Waals surface area contributed by atoms with Crippen molar-refractivity contribution in [3.63, 3.8) is 0 Å². The summed E-state index contributed by atoms with van der Waals surface area (Å²) in [5.41, 5.74) is 0. The first-order valence-corrected chi connectivity index (χ1v) is 22.7. The summed E-state index contributed by atoms with van der Waals surface area (Å²) >= 11 is 0. The van der Waals surface area contributed by atoms with Crippen LogP contribution in [0.1, 0.15) is 207 Å². The Balaban J connectivity index is 2.66. The van der Waals surface area contributed by atoms with Gasteiger partial charge in [0.1, 0.15) is 30.5 Å². The number of rotatable bonds is 36. The third-order valence-electron chi connectivity index (χ3n) is 11.4. The Morgan fingerprint density at radius 2 is 1.02 bits per heavy atom. The fraction of sp³-hybridized carbons (Fsp3) is 0.933. The number of nitrogens with zero attached hydrogens (tertiary/aromatic N) is 1. The van der Waals surface area contributed by atoms with Gasteiger partial charge in [-0.1, -0.05) is 168 Å². The maximum absolute atomic E-state index is 14.1. The summed E-state index contributed by atoms with van der Waals surface area (Å²) in [7, 11) is 0. The molecule has 5 N–H and O–H groups in total. The molecule has 8 nitrogen and oxygen atoms in total. The van der Waals surface area contributed by atoms with E-state index in [1.807, 2.05) is 4.90 Å². The van der Waals surface area contributed by atoms with E-state index in [1.165, 1.54) is 109 Å². The molecule has 314 valence electrons. The molecule has 0 aromatic heterocycles. The van der Waals surface area contributed by atoms with Crippen LogP contribution in [0.5, 0.6) is 0 Å². The lowest BCUT2D eigenvalue weighted by Crippen LogP contribution is -2.61. The molecule has 0 radical (unpaired) electrons. The zero-order valence-electron chi connectivity index (χ0n) is 34.8. The van der Waals surface area contributed by atoms with Gasteiger partial charge in [0.25, 0.3) is 0 Å². The summed E-state index contributed by atoms with van der Waals surface area (Å²) < 4.78 is 5.63. The van der Waals surface area contributed by atoms with Crippen molar-refractivity contribution in [2.45, 2.75) is 244 Å². The van der Waals surface area contributed by atoms with E-state index in [2.05, 4.69) is 32.9 Å². The lowest BCUT2D eigenvalue weighted by Gasteiger charge is -2.42. The van der Waals surface area contributed by atoms with Crippen molar-refractivity contribution < 1.29 is 35.1 Å². The summed E-state index contributed by atoms with van der Waals surface area (Å²) in [4.78, 5) is 16.1. The molecule has 1 heterocycles. The zero-order chi connectivity index (χ0) is 38.9. The minimum absolute atomic E-state index is 0.0305. The van der Waals surface area contributed by atoms with Crippen molar-refractivity contribution >= 4 is 5.91 Å². The minimum Gasteiger partial charge on any atom is -0.394 e. The summed E-state index contributed by atoms with van der Waals surface area (Å²) in [5, 5.41) is 51.7. The number of ether oxygens (including phenoxy) is 1. The second-order valence-electron chi connectivity index (χ2n) is 16.2. The molecule has 1 fully saturated rings. The topological polar surface area (TPSA) is 131 Å². The van der Waals surface area contributed by atoms with Gasteiger partial charge in [0, 0.05) is 19.0 Å². The highest BCUT2D eigenvalue weighted by atomic mass is 16.6. The van der Waals surface area contributed by atoms with Crippen LogP contribution in [0.4, 0.5) is 0 Å². The van der Waals surface area contributed by atoms with Crippen LogP contribution in [0, 0.1) is 5.92 Å². The maximum atomic E-state index is 14.1. The van der Waals surface area contributed by atoms with Crippen molar-refractivity contribution in [2.75, 3.05) is 19.7 Å². The van der Waals surface area contributed by atoms with E-state index in [-0.39, 0.29) is 18.2 Å². The van der Waals surface area contributed by atoms with Crippen molar-refractivity contribution in [1.29, 1.82) is 0 Å². The van der Waals surface area contributed by atoms with Gasteiger partial charge < -0.3 is 35.2 Å². The molecule has 0 aromatic carbocycles. The number of allylic oxidation sites excluding steroid dienone is 2. The van der Waals surface area contributed by atoms with Crippen molar-refractivity contribution in [3.05, 3.63) is 12.2 Å².